The van der Waals surface area contributed by atoms with E-state index in [4.69, 9.17) is 9.47 Å². The third-order valence-electron chi connectivity index (χ3n) is 4.57. The SMILES string of the molecule is Cc1cc2c(cc1CC(=O)NC1CCCCCC1)OCCO2. The normalized spacial score (nSPS) is 18.6. The minimum atomic E-state index is 0.117. The second-order valence-electron chi connectivity index (χ2n) is 6.36. The monoisotopic (exact) mass is 303 g/mol. The fraction of sp³-hybridized carbons (Fsp3) is 0.611. The molecule has 0 aromatic heterocycles. The van der Waals surface area contributed by atoms with Gasteiger partial charge in [0.2, 0.25) is 5.91 Å². The van der Waals surface area contributed by atoms with Crippen molar-refractivity contribution in [3.63, 3.8) is 0 Å². The molecule has 4 heteroatoms. The third kappa shape index (κ3) is 3.73. The van der Waals surface area contributed by atoms with Crippen molar-refractivity contribution >= 4 is 5.91 Å². The van der Waals surface area contributed by atoms with E-state index in [1.165, 1.54) is 25.7 Å². The Hall–Kier alpha value is -1.71. The van der Waals surface area contributed by atoms with Crippen LogP contribution in [-0.4, -0.2) is 25.2 Å². The third-order valence-corrected chi connectivity index (χ3v) is 4.57. The number of aryl methyl sites for hydroxylation is 1. The van der Waals surface area contributed by atoms with Crippen LogP contribution in [0.4, 0.5) is 0 Å². The van der Waals surface area contributed by atoms with Gasteiger partial charge in [-0.2, -0.15) is 0 Å². The van der Waals surface area contributed by atoms with Crippen molar-refractivity contribution in [2.24, 2.45) is 0 Å². The van der Waals surface area contributed by atoms with Gasteiger partial charge in [0.15, 0.2) is 11.5 Å². The summed E-state index contributed by atoms with van der Waals surface area (Å²) in [5.74, 6) is 1.66. The van der Waals surface area contributed by atoms with Gasteiger partial charge in [0, 0.05) is 6.04 Å². The second-order valence-corrected chi connectivity index (χ2v) is 6.36. The molecule has 22 heavy (non-hydrogen) atoms. The van der Waals surface area contributed by atoms with Crippen molar-refractivity contribution in [3.05, 3.63) is 23.3 Å². The predicted molar refractivity (Wildman–Crippen MR) is 85.5 cm³/mol. The van der Waals surface area contributed by atoms with E-state index in [0.29, 0.717) is 25.7 Å². The van der Waals surface area contributed by atoms with Crippen LogP contribution in [0.15, 0.2) is 12.1 Å². The van der Waals surface area contributed by atoms with Crippen LogP contribution in [-0.2, 0) is 11.2 Å². The number of fused-ring (bicyclic) bond motifs is 1. The number of hydrogen-bond acceptors (Lipinski definition) is 3. The lowest BCUT2D eigenvalue weighted by Crippen LogP contribution is -2.35. The highest BCUT2D eigenvalue weighted by Crippen LogP contribution is 2.33. The van der Waals surface area contributed by atoms with Gasteiger partial charge < -0.3 is 14.8 Å². The van der Waals surface area contributed by atoms with Gasteiger partial charge in [-0.15, -0.1) is 0 Å². The molecule has 0 spiro atoms. The summed E-state index contributed by atoms with van der Waals surface area (Å²) in [6, 6.07) is 4.28. The lowest BCUT2D eigenvalue weighted by atomic mass is 10.0. The Labute approximate surface area is 132 Å². The smallest absolute Gasteiger partial charge is 0.224 e. The molecule has 1 aromatic carbocycles. The number of nitrogens with one attached hydrogen (secondary N) is 1. The molecule has 0 unspecified atom stereocenters. The maximum atomic E-state index is 12.3. The van der Waals surface area contributed by atoms with E-state index in [2.05, 4.69) is 5.32 Å². The highest BCUT2D eigenvalue weighted by Gasteiger charge is 2.18. The molecule has 0 atom stereocenters. The second kappa shape index (κ2) is 7.03. The Morgan fingerprint density at radius 2 is 1.73 bits per heavy atom. The number of amides is 1. The van der Waals surface area contributed by atoms with Gasteiger partial charge in [0.1, 0.15) is 13.2 Å². The Morgan fingerprint density at radius 3 is 2.41 bits per heavy atom. The van der Waals surface area contributed by atoms with Crippen molar-refractivity contribution in [1.29, 1.82) is 0 Å². The summed E-state index contributed by atoms with van der Waals surface area (Å²) in [6.45, 7) is 3.18. The first-order valence-corrected chi connectivity index (χ1v) is 8.41. The van der Waals surface area contributed by atoms with E-state index in [1.807, 2.05) is 19.1 Å². The molecule has 3 rings (SSSR count). The van der Waals surface area contributed by atoms with Crippen LogP contribution in [0.5, 0.6) is 11.5 Å². The van der Waals surface area contributed by atoms with Crippen LogP contribution in [0.2, 0.25) is 0 Å². The van der Waals surface area contributed by atoms with Crippen LogP contribution in [0.1, 0.15) is 49.7 Å². The van der Waals surface area contributed by atoms with E-state index in [1.54, 1.807) is 0 Å². The topological polar surface area (TPSA) is 47.6 Å². The molecule has 1 N–H and O–H groups in total. The Morgan fingerprint density at radius 1 is 1.09 bits per heavy atom. The number of carbonyl (C=O) groups excluding carboxylic acids is 1. The lowest BCUT2D eigenvalue weighted by Gasteiger charge is -2.21. The summed E-state index contributed by atoms with van der Waals surface area (Å²) in [4.78, 5) is 12.3. The lowest BCUT2D eigenvalue weighted by molar-refractivity contribution is -0.121. The van der Waals surface area contributed by atoms with Gasteiger partial charge >= 0.3 is 0 Å². The average molecular weight is 303 g/mol. The Balaban J connectivity index is 1.63. The van der Waals surface area contributed by atoms with Crippen molar-refractivity contribution in [2.75, 3.05) is 13.2 Å². The van der Waals surface area contributed by atoms with Crippen molar-refractivity contribution in [1.82, 2.24) is 5.32 Å². The zero-order valence-electron chi connectivity index (χ0n) is 13.3. The molecule has 4 nitrogen and oxygen atoms in total. The summed E-state index contributed by atoms with van der Waals surface area (Å²) in [7, 11) is 0. The quantitative estimate of drug-likeness (QED) is 0.873. The van der Waals surface area contributed by atoms with Crippen molar-refractivity contribution in [2.45, 2.75) is 57.9 Å². The van der Waals surface area contributed by atoms with E-state index < -0.39 is 0 Å². The summed E-state index contributed by atoms with van der Waals surface area (Å²) in [5.41, 5.74) is 2.11. The molecule has 1 heterocycles. The zero-order valence-corrected chi connectivity index (χ0v) is 13.3. The molecule has 1 aliphatic heterocycles. The Kier molecular flexibility index (Phi) is 4.86. The molecule has 1 aromatic rings. The van der Waals surface area contributed by atoms with Crippen LogP contribution in [0.25, 0.3) is 0 Å². The van der Waals surface area contributed by atoms with Gasteiger partial charge in [0.25, 0.3) is 0 Å². The van der Waals surface area contributed by atoms with Crippen LogP contribution in [0.3, 0.4) is 0 Å². The first-order valence-electron chi connectivity index (χ1n) is 8.41. The summed E-state index contributed by atoms with van der Waals surface area (Å²) >= 11 is 0. The molecule has 120 valence electrons. The highest BCUT2D eigenvalue weighted by atomic mass is 16.6. The predicted octanol–water partition coefficient (Wildman–Crippen LogP) is 3.15. The van der Waals surface area contributed by atoms with E-state index in [-0.39, 0.29) is 5.91 Å². The minimum absolute atomic E-state index is 0.117. The number of benzene rings is 1. The molecular weight excluding hydrogens is 278 g/mol. The summed E-state index contributed by atoms with van der Waals surface area (Å²) in [5, 5.41) is 3.20. The standard InChI is InChI=1S/C18H25NO3/c1-13-10-16-17(22-9-8-21-16)11-14(13)12-18(20)19-15-6-4-2-3-5-7-15/h10-11,15H,2-9,12H2,1H3,(H,19,20). The number of carbonyl (C=O) groups is 1. The summed E-state index contributed by atoms with van der Waals surface area (Å²) in [6.07, 6.45) is 7.71. The maximum Gasteiger partial charge on any atom is 0.224 e. The van der Waals surface area contributed by atoms with E-state index in [0.717, 1.165) is 35.5 Å². The van der Waals surface area contributed by atoms with Crippen molar-refractivity contribution < 1.29 is 14.3 Å². The highest BCUT2D eigenvalue weighted by molar-refractivity contribution is 5.79. The molecule has 0 radical (unpaired) electrons. The Bertz CT molecular complexity index is 533. The number of hydrogen-bond donors (Lipinski definition) is 1. The van der Waals surface area contributed by atoms with E-state index >= 15 is 0 Å². The van der Waals surface area contributed by atoms with Gasteiger partial charge in [-0.05, 0) is 43.0 Å². The molecular formula is C18H25NO3. The van der Waals surface area contributed by atoms with Crippen molar-refractivity contribution in [3.8, 4) is 11.5 Å². The first kappa shape index (κ1) is 15.2. The van der Waals surface area contributed by atoms with Crippen LogP contribution < -0.4 is 14.8 Å². The van der Waals surface area contributed by atoms with Gasteiger partial charge in [-0.1, -0.05) is 25.7 Å². The van der Waals surface area contributed by atoms with E-state index in [9.17, 15) is 4.79 Å². The van der Waals surface area contributed by atoms with Gasteiger partial charge in [0.05, 0.1) is 6.42 Å². The summed E-state index contributed by atoms with van der Waals surface area (Å²) < 4.78 is 11.2. The van der Waals surface area contributed by atoms with Gasteiger partial charge in [-0.3, -0.25) is 4.79 Å². The van der Waals surface area contributed by atoms with Crippen LogP contribution in [0, 0.1) is 6.92 Å². The van der Waals surface area contributed by atoms with Gasteiger partial charge in [-0.25, -0.2) is 0 Å². The number of rotatable bonds is 3. The molecule has 0 saturated heterocycles. The molecule has 1 saturated carbocycles. The largest absolute Gasteiger partial charge is 0.486 e. The molecule has 0 bridgehead atoms. The first-order chi connectivity index (χ1) is 10.7. The molecule has 1 amide bonds. The zero-order chi connectivity index (χ0) is 15.4. The fourth-order valence-corrected chi connectivity index (χ4v) is 3.30. The maximum absolute atomic E-state index is 12.3. The molecule has 1 fully saturated rings. The average Bonchev–Trinajstić information content (AvgIpc) is 2.76. The number of ether oxygens (including phenoxy) is 2. The fourth-order valence-electron chi connectivity index (χ4n) is 3.30. The molecule has 1 aliphatic carbocycles. The molecule has 2 aliphatic rings. The van der Waals surface area contributed by atoms with Crippen LogP contribution >= 0.6 is 0 Å². The minimum Gasteiger partial charge on any atom is -0.486 e.